The van der Waals surface area contributed by atoms with Gasteiger partial charge in [-0.2, -0.15) is 0 Å². The van der Waals surface area contributed by atoms with Crippen molar-refractivity contribution in [3.8, 4) is 0 Å². The second-order valence-electron chi connectivity index (χ2n) is 6.22. The van der Waals surface area contributed by atoms with Crippen LogP contribution in [0, 0.1) is 6.92 Å². The molecule has 0 atom stereocenters. The Bertz CT molecular complexity index is 1150. The molecule has 148 valence electrons. The normalized spacial score (nSPS) is 10.8. The molecule has 3 rings (SSSR count). The van der Waals surface area contributed by atoms with Crippen LogP contribution in [0.3, 0.4) is 0 Å². The first kappa shape index (κ1) is 20.1. The van der Waals surface area contributed by atoms with Crippen molar-refractivity contribution in [3.63, 3.8) is 0 Å². The predicted octanol–water partition coefficient (Wildman–Crippen LogP) is 2.87. The number of hydrazine groups is 1. The minimum atomic E-state index is -3.77. The lowest BCUT2D eigenvalue weighted by atomic mass is 10.1. The van der Waals surface area contributed by atoms with E-state index in [2.05, 4.69) is 15.6 Å². The largest absolute Gasteiger partial charge is 0.280 e. The average molecular weight is 409 g/mol. The van der Waals surface area contributed by atoms with Crippen molar-refractivity contribution in [2.75, 3.05) is 4.72 Å². The van der Waals surface area contributed by atoms with Crippen LogP contribution in [0.5, 0.6) is 0 Å². The van der Waals surface area contributed by atoms with Gasteiger partial charge >= 0.3 is 0 Å². The van der Waals surface area contributed by atoms with E-state index >= 15 is 0 Å². The number of hydrogen-bond acceptors (Lipinski definition) is 4. The van der Waals surface area contributed by atoms with Gasteiger partial charge in [-0.25, -0.2) is 8.42 Å². The number of aryl methyl sites for hydroxylation is 1. The maximum Gasteiger partial charge on any atom is 0.269 e. The van der Waals surface area contributed by atoms with E-state index in [1.54, 1.807) is 49.4 Å². The second kappa shape index (κ2) is 8.57. The zero-order chi connectivity index (χ0) is 20.9. The molecule has 7 nitrogen and oxygen atoms in total. The van der Waals surface area contributed by atoms with Crippen molar-refractivity contribution >= 4 is 27.5 Å². The molecule has 3 N–H and O–H groups in total. The number of hydrogen-bond donors (Lipinski definition) is 3. The third-order valence-electron chi connectivity index (χ3n) is 4.11. The van der Waals surface area contributed by atoms with Crippen molar-refractivity contribution in [2.45, 2.75) is 11.8 Å². The molecule has 0 unspecified atom stereocenters. The van der Waals surface area contributed by atoms with Crippen LogP contribution in [0.2, 0.25) is 0 Å². The predicted molar refractivity (Wildman–Crippen MR) is 110 cm³/mol. The first-order valence-electron chi connectivity index (χ1n) is 8.71. The lowest BCUT2D eigenvalue weighted by Gasteiger charge is -2.11. The summed E-state index contributed by atoms with van der Waals surface area (Å²) in [6.45, 7) is 1.79. The average Bonchev–Trinajstić information content (AvgIpc) is 2.72. The number of amides is 2. The van der Waals surface area contributed by atoms with E-state index in [1.165, 1.54) is 30.3 Å². The molecule has 0 fully saturated rings. The Labute approximate surface area is 168 Å². The minimum absolute atomic E-state index is 0.111. The van der Waals surface area contributed by atoms with E-state index in [0.29, 0.717) is 5.56 Å². The Morgan fingerprint density at radius 3 is 2.14 bits per heavy atom. The zero-order valence-corrected chi connectivity index (χ0v) is 16.4. The Hall–Kier alpha value is -3.65. The smallest absolute Gasteiger partial charge is 0.269 e. The van der Waals surface area contributed by atoms with Crippen molar-refractivity contribution in [2.24, 2.45) is 0 Å². The highest BCUT2D eigenvalue weighted by Gasteiger charge is 2.15. The summed E-state index contributed by atoms with van der Waals surface area (Å²) in [6, 6.07) is 20.9. The standard InChI is InChI=1S/C21H19N3O4S/c1-15-8-5-6-13-19(15)21(26)23-22-20(25)16-9-7-10-17(14-16)24-29(27,28)18-11-3-2-4-12-18/h2-14,24H,1H3,(H,22,25)(H,23,26). The van der Waals surface area contributed by atoms with Crippen LogP contribution in [0.25, 0.3) is 0 Å². The lowest BCUT2D eigenvalue weighted by molar-refractivity contribution is 0.0846. The number of carbonyl (C=O) groups excluding carboxylic acids is 2. The quantitative estimate of drug-likeness (QED) is 0.564. The number of sulfonamides is 1. The molecule has 0 radical (unpaired) electrons. The highest BCUT2D eigenvalue weighted by atomic mass is 32.2. The number of anilines is 1. The fourth-order valence-electron chi connectivity index (χ4n) is 2.62. The highest BCUT2D eigenvalue weighted by molar-refractivity contribution is 7.92. The molecule has 0 aromatic heterocycles. The maximum atomic E-state index is 12.4. The molecule has 2 amide bonds. The first-order chi connectivity index (χ1) is 13.9. The van der Waals surface area contributed by atoms with Crippen molar-refractivity contribution < 1.29 is 18.0 Å². The first-order valence-corrected chi connectivity index (χ1v) is 10.2. The summed E-state index contributed by atoms with van der Waals surface area (Å²) in [4.78, 5) is 24.7. The number of nitrogens with one attached hydrogen (secondary N) is 3. The van der Waals surface area contributed by atoms with Gasteiger partial charge in [0.25, 0.3) is 21.8 Å². The van der Waals surface area contributed by atoms with Crippen LogP contribution < -0.4 is 15.6 Å². The Morgan fingerprint density at radius 2 is 1.41 bits per heavy atom. The fourth-order valence-corrected chi connectivity index (χ4v) is 3.69. The van der Waals surface area contributed by atoms with E-state index < -0.39 is 21.8 Å². The third kappa shape index (κ3) is 4.99. The molecule has 29 heavy (non-hydrogen) atoms. The van der Waals surface area contributed by atoms with Crippen molar-refractivity contribution in [1.82, 2.24) is 10.9 Å². The van der Waals surface area contributed by atoms with Gasteiger partial charge in [-0.05, 0) is 48.9 Å². The van der Waals surface area contributed by atoms with Gasteiger partial charge in [-0.15, -0.1) is 0 Å². The van der Waals surface area contributed by atoms with Gasteiger partial charge in [0.05, 0.1) is 4.90 Å². The van der Waals surface area contributed by atoms with Crippen LogP contribution in [0.1, 0.15) is 26.3 Å². The summed E-state index contributed by atoms with van der Waals surface area (Å²) in [5.74, 6) is -1.02. The summed E-state index contributed by atoms with van der Waals surface area (Å²) in [6.07, 6.45) is 0. The van der Waals surface area contributed by atoms with Crippen LogP contribution in [-0.4, -0.2) is 20.2 Å². The minimum Gasteiger partial charge on any atom is -0.280 e. The Morgan fingerprint density at radius 1 is 0.759 bits per heavy atom. The summed E-state index contributed by atoms with van der Waals surface area (Å²) >= 11 is 0. The SMILES string of the molecule is Cc1ccccc1C(=O)NNC(=O)c1cccc(NS(=O)(=O)c2ccccc2)c1. The summed E-state index contributed by atoms with van der Waals surface area (Å²) < 4.78 is 27.3. The van der Waals surface area contributed by atoms with Gasteiger partial charge in [0.1, 0.15) is 0 Å². The third-order valence-corrected chi connectivity index (χ3v) is 5.51. The Kier molecular flexibility index (Phi) is 5.94. The molecule has 3 aromatic carbocycles. The van der Waals surface area contributed by atoms with E-state index in [9.17, 15) is 18.0 Å². The van der Waals surface area contributed by atoms with Gasteiger partial charge in [-0.3, -0.25) is 25.2 Å². The van der Waals surface area contributed by atoms with Gasteiger partial charge in [0, 0.05) is 16.8 Å². The molecule has 0 spiro atoms. The van der Waals surface area contributed by atoms with Gasteiger partial charge < -0.3 is 0 Å². The molecular weight excluding hydrogens is 390 g/mol. The molecule has 0 saturated heterocycles. The van der Waals surface area contributed by atoms with Gasteiger partial charge in [0.15, 0.2) is 0 Å². The monoisotopic (exact) mass is 409 g/mol. The van der Waals surface area contributed by atoms with E-state index in [1.807, 2.05) is 6.07 Å². The topological polar surface area (TPSA) is 104 Å². The van der Waals surface area contributed by atoms with E-state index in [4.69, 9.17) is 0 Å². The molecule has 3 aromatic rings. The number of rotatable bonds is 5. The van der Waals surface area contributed by atoms with E-state index in [-0.39, 0.29) is 16.1 Å². The summed E-state index contributed by atoms with van der Waals surface area (Å²) in [7, 11) is -3.77. The van der Waals surface area contributed by atoms with Gasteiger partial charge in [0.2, 0.25) is 0 Å². The van der Waals surface area contributed by atoms with Crippen LogP contribution in [0.15, 0.2) is 83.8 Å². The number of carbonyl (C=O) groups is 2. The van der Waals surface area contributed by atoms with Crippen molar-refractivity contribution in [3.05, 3.63) is 95.6 Å². The molecule has 0 saturated carbocycles. The summed E-state index contributed by atoms with van der Waals surface area (Å²) in [5.41, 5.74) is 6.31. The highest BCUT2D eigenvalue weighted by Crippen LogP contribution is 2.17. The van der Waals surface area contributed by atoms with Crippen molar-refractivity contribution in [1.29, 1.82) is 0 Å². The van der Waals surface area contributed by atoms with E-state index in [0.717, 1.165) is 5.56 Å². The Balaban J connectivity index is 1.68. The van der Waals surface area contributed by atoms with Crippen LogP contribution in [-0.2, 0) is 10.0 Å². The zero-order valence-electron chi connectivity index (χ0n) is 15.5. The lowest BCUT2D eigenvalue weighted by Crippen LogP contribution is -2.41. The molecule has 0 aliphatic rings. The second-order valence-corrected chi connectivity index (χ2v) is 7.90. The van der Waals surface area contributed by atoms with Crippen LogP contribution in [0.4, 0.5) is 5.69 Å². The fraction of sp³-hybridized carbons (Fsp3) is 0.0476. The number of benzene rings is 3. The molecule has 0 aliphatic carbocycles. The molecule has 8 heteroatoms. The van der Waals surface area contributed by atoms with Gasteiger partial charge in [-0.1, -0.05) is 42.5 Å². The molecule has 0 aliphatic heterocycles. The molecular formula is C21H19N3O4S. The molecule has 0 heterocycles. The maximum absolute atomic E-state index is 12.4. The van der Waals surface area contributed by atoms with Crippen LogP contribution >= 0.6 is 0 Å². The molecule has 0 bridgehead atoms. The summed E-state index contributed by atoms with van der Waals surface area (Å²) in [5, 5.41) is 0.